The molecule has 0 aromatic heterocycles. The Morgan fingerprint density at radius 2 is 2.00 bits per heavy atom. The Labute approximate surface area is 116 Å². The quantitative estimate of drug-likeness (QED) is 0.615. The number of para-hydroxylation sites is 1. The minimum Gasteiger partial charge on any atom is -0.467 e. The molecule has 0 N–H and O–H groups in total. The molecule has 0 bridgehead atoms. The zero-order chi connectivity index (χ0) is 13.7. The van der Waals surface area contributed by atoms with Gasteiger partial charge in [0, 0.05) is 23.3 Å². The number of hydrogen-bond acceptors (Lipinski definition) is 3. The number of methoxy groups -OCH3 is 1. The van der Waals surface area contributed by atoms with Crippen LogP contribution in [0.2, 0.25) is 5.02 Å². The Hall–Kier alpha value is -1.84. The second-order valence-electron chi connectivity index (χ2n) is 3.94. The maximum absolute atomic E-state index is 10.9. The van der Waals surface area contributed by atoms with Crippen molar-refractivity contribution >= 4 is 17.9 Å². The second kappa shape index (κ2) is 6.36. The lowest BCUT2D eigenvalue weighted by atomic mass is 10.0. The van der Waals surface area contributed by atoms with Gasteiger partial charge in [0.2, 0.25) is 0 Å². The van der Waals surface area contributed by atoms with Crippen LogP contribution in [0.25, 0.3) is 11.1 Å². The minimum absolute atomic E-state index is 0.165. The van der Waals surface area contributed by atoms with Crippen LogP contribution in [0.5, 0.6) is 5.75 Å². The van der Waals surface area contributed by atoms with Crippen LogP contribution in [0.1, 0.15) is 10.4 Å². The van der Waals surface area contributed by atoms with Crippen LogP contribution < -0.4 is 4.74 Å². The third kappa shape index (κ3) is 3.34. The van der Waals surface area contributed by atoms with Crippen molar-refractivity contribution in [2.75, 3.05) is 13.9 Å². The first-order valence-electron chi connectivity index (χ1n) is 5.71. The molecule has 0 spiro atoms. The molecule has 0 atom stereocenters. The molecule has 0 fully saturated rings. The summed E-state index contributed by atoms with van der Waals surface area (Å²) >= 11 is 6.01. The Morgan fingerprint density at radius 1 is 1.21 bits per heavy atom. The second-order valence-corrected chi connectivity index (χ2v) is 4.37. The van der Waals surface area contributed by atoms with Gasteiger partial charge in [-0.3, -0.25) is 4.79 Å². The van der Waals surface area contributed by atoms with E-state index in [1.165, 1.54) is 0 Å². The first-order chi connectivity index (χ1) is 9.24. The topological polar surface area (TPSA) is 35.5 Å². The summed E-state index contributed by atoms with van der Waals surface area (Å²) in [6, 6.07) is 12.7. The van der Waals surface area contributed by atoms with Crippen LogP contribution >= 0.6 is 11.6 Å². The number of carbonyl (C=O) groups is 1. The number of ether oxygens (including phenoxy) is 2. The number of benzene rings is 2. The highest BCUT2D eigenvalue weighted by atomic mass is 35.5. The van der Waals surface area contributed by atoms with Crippen LogP contribution in [0.4, 0.5) is 0 Å². The fraction of sp³-hybridized carbons (Fsp3) is 0.133. The summed E-state index contributed by atoms with van der Waals surface area (Å²) in [4.78, 5) is 10.9. The Morgan fingerprint density at radius 3 is 2.74 bits per heavy atom. The van der Waals surface area contributed by atoms with Crippen molar-refractivity contribution in [1.82, 2.24) is 0 Å². The normalized spacial score (nSPS) is 10.2. The van der Waals surface area contributed by atoms with Gasteiger partial charge in [-0.2, -0.15) is 0 Å². The smallest absolute Gasteiger partial charge is 0.188 e. The van der Waals surface area contributed by atoms with Crippen LogP contribution in [0.3, 0.4) is 0 Å². The zero-order valence-electron chi connectivity index (χ0n) is 10.4. The van der Waals surface area contributed by atoms with Gasteiger partial charge in [0.05, 0.1) is 0 Å². The zero-order valence-corrected chi connectivity index (χ0v) is 11.2. The van der Waals surface area contributed by atoms with Crippen LogP contribution in [0, 0.1) is 0 Å². The standard InChI is InChI=1S/C15H13ClO3/c1-18-10-19-15-5-3-2-4-14(15)12-6-11(9-17)7-13(16)8-12/h2-9H,10H2,1H3. The predicted molar refractivity (Wildman–Crippen MR) is 74.8 cm³/mol. The molecule has 98 valence electrons. The summed E-state index contributed by atoms with van der Waals surface area (Å²) in [6.45, 7) is 0.165. The number of halogens is 1. The van der Waals surface area contributed by atoms with Crippen molar-refractivity contribution in [2.45, 2.75) is 0 Å². The molecular weight excluding hydrogens is 264 g/mol. The van der Waals surface area contributed by atoms with Crippen molar-refractivity contribution in [1.29, 1.82) is 0 Å². The maximum Gasteiger partial charge on any atom is 0.188 e. The molecule has 0 saturated heterocycles. The van der Waals surface area contributed by atoms with Gasteiger partial charge in [0.1, 0.15) is 12.0 Å². The first-order valence-corrected chi connectivity index (χ1v) is 6.09. The Balaban J connectivity index is 2.45. The first kappa shape index (κ1) is 13.6. The van der Waals surface area contributed by atoms with E-state index in [1.54, 1.807) is 25.3 Å². The molecule has 0 heterocycles. The predicted octanol–water partition coefficient (Wildman–Crippen LogP) is 3.80. The lowest BCUT2D eigenvalue weighted by Gasteiger charge is -2.11. The van der Waals surface area contributed by atoms with Crippen molar-refractivity contribution in [3.63, 3.8) is 0 Å². The Bertz CT molecular complexity index is 581. The molecule has 19 heavy (non-hydrogen) atoms. The van der Waals surface area contributed by atoms with E-state index in [0.717, 1.165) is 17.4 Å². The van der Waals surface area contributed by atoms with Gasteiger partial charge in [-0.1, -0.05) is 29.8 Å². The van der Waals surface area contributed by atoms with E-state index in [1.807, 2.05) is 24.3 Å². The van der Waals surface area contributed by atoms with E-state index in [0.29, 0.717) is 16.3 Å². The van der Waals surface area contributed by atoms with Crippen molar-refractivity contribution in [3.05, 3.63) is 53.1 Å². The molecule has 2 rings (SSSR count). The van der Waals surface area contributed by atoms with E-state index < -0.39 is 0 Å². The fourth-order valence-electron chi connectivity index (χ4n) is 1.79. The van der Waals surface area contributed by atoms with Crippen LogP contribution in [-0.4, -0.2) is 20.2 Å². The third-order valence-corrected chi connectivity index (χ3v) is 2.80. The third-order valence-electron chi connectivity index (χ3n) is 2.59. The summed E-state index contributed by atoms with van der Waals surface area (Å²) in [7, 11) is 1.56. The maximum atomic E-state index is 10.9. The lowest BCUT2D eigenvalue weighted by molar-refractivity contribution is 0.0515. The minimum atomic E-state index is 0.165. The van der Waals surface area contributed by atoms with Crippen LogP contribution in [0.15, 0.2) is 42.5 Å². The average Bonchev–Trinajstić information content (AvgIpc) is 2.44. The van der Waals surface area contributed by atoms with Gasteiger partial charge >= 0.3 is 0 Å². The summed E-state index contributed by atoms with van der Waals surface area (Å²) in [6.07, 6.45) is 0.772. The largest absolute Gasteiger partial charge is 0.467 e. The molecule has 0 unspecified atom stereocenters. The fourth-order valence-corrected chi connectivity index (χ4v) is 2.03. The van der Waals surface area contributed by atoms with Crippen molar-refractivity contribution in [3.8, 4) is 16.9 Å². The van der Waals surface area contributed by atoms with Gasteiger partial charge in [0.25, 0.3) is 0 Å². The molecule has 0 radical (unpaired) electrons. The molecule has 0 aliphatic heterocycles. The molecule has 2 aromatic carbocycles. The summed E-state index contributed by atoms with van der Waals surface area (Å²) in [5.74, 6) is 0.684. The van der Waals surface area contributed by atoms with Gasteiger partial charge in [0.15, 0.2) is 6.79 Å². The number of hydrogen-bond donors (Lipinski definition) is 0. The highest BCUT2D eigenvalue weighted by Crippen LogP contribution is 2.32. The van der Waals surface area contributed by atoms with E-state index in [9.17, 15) is 4.79 Å². The SMILES string of the molecule is COCOc1ccccc1-c1cc(Cl)cc(C=O)c1. The number of carbonyl (C=O) groups excluding carboxylic acids is 1. The van der Waals surface area contributed by atoms with Gasteiger partial charge in [-0.25, -0.2) is 0 Å². The lowest BCUT2D eigenvalue weighted by Crippen LogP contribution is -2.00. The number of aldehydes is 1. The number of rotatable bonds is 5. The summed E-state index contributed by atoms with van der Waals surface area (Å²) in [5, 5.41) is 0.515. The van der Waals surface area contributed by atoms with Gasteiger partial charge in [-0.15, -0.1) is 0 Å². The molecule has 3 nitrogen and oxygen atoms in total. The highest BCUT2D eigenvalue weighted by Gasteiger charge is 2.08. The molecule has 2 aromatic rings. The summed E-state index contributed by atoms with van der Waals surface area (Å²) < 4.78 is 10.4. The molecule has 0 aliphatic rings. The molecule has 0 amide bonds. The highest BCUT2D eigenvalue weighted by molar-refractivity contribution is 6.31. The van der Waals surface area contributed by atoms with Crippen molar-refractivity contribution < 1.29 is 14.3 Å². The van der Waals surface area contributed by atoms with Gasteiger partial charge in [-0.05, 0) is 29.8 Å². The van der Waals surface area contributed by atoms with Gasteiger partial charge < -0.3 is 9.47 Å². The molecular formula is C15H13ClO3. The van der Waals surface area contributed by atoms with E-state index in [-0.39, 0.29) is 6.79 Å². The molecule has 0 saturated carbocycles. The summed E-state index contributed by atoms with van der Waals surface area (Å²) in [5.41, 5.74) is 2.23. The average molecular weight is 277 g/mol. The van der Waals surface area contributed by atoms with Crippen molar-refractivity contribution in [2.24, 2.45) is 0 Å². The van der Waals surface area contributed by atoms with E-state index >= 15 is 0 Å². The monoisotopic (exact) mass is 276 g/mol. The molecule has 0 aliphatic carbocycles. The van der Waals surface area contributed by atoms with Crippen LogP contribution in [-0.2, 0) is 4.74 Å². The Kier molecular flexibility index (Phi) is 4.55. The molecule has 4 heteroatoms. The van der Waals surface area contributed by atoms with E-state index in [2.05, 4.69) is 0 Å². The van der Waals surface area contributed by atoms with E-state index in [4.69, 9.17) is 21.1 Å².